The fourth-order valence-electron chi connectivity index (χ4n) is 1.26. The summed E-state index contributed by atoms with van der Waals surface area (Å²) >= 11 is 0. The monoisotopic (exact) mass is 258 g/mol. The molecular formula is C12H16F2N2O2. The van der Waals surface area contributed by atoms with Gasteiger partial charge in [0.25, 0.3) is 0 Å². The minimum Gasteiger partial charge on any atom is -0.434 e. The Morgan fingerprint density at radius 1 is 1.44 bits per heavy atom. The Bertz CT molecular complexity index is 417. The van der Waals surface area contributed by atoms with Gasteiger partial charge in [-0.15, -0.1) is 0 Å². The Hall–Kier alpha value is -1.69. The molecule has 0 spiro atoms. The van der Waals surface area contributed by atoms with Crippen LogP contribution in [0.2, 0.25) is 0 Å². The highest BCUT2D eigenvalue weighted by Gasteiger charge is 2.21. The number of ether oxygens (including phenoxy) is 1. The molecule has 6 heteroatoms. The Labute approximate surface area is 104 Å². The number of halogens is 2. The van der Waals surface area contributed by atoms with Gasteiger partial charge in [0.05, 0.1) is 5.54 Å². The molecule has 0 fully saturated rings. The van der Waals surface area contributed by atoms with Crippen molar-refractivity contribution >= 4 is 5.91 Å². The highest BCUT2D eigenvalue weighted by Crippen LogP contribution is 2.20. The van der Waals surface area contributed by atoms with Gasteiger partial charge in [-0.2, -0.15) is 8.78 Å². The molecule has 0 aliphatic rings. The molecule has 100 valence electrons. The first-order valence-corrected chi connectivity index (χ1v) is 5.40. The maximum absolute atomic E-state index is 12.2. The molecule has 0 aromatic heterocycles. The van der Waals surface area contributed by atoms with Crippen molar-refractivity contribution in [1.29, 1.82) is 0 Å². The third-order valence-corrected chi connectivity index (χ3v) is 2.21. The van der Waals surface area contributed by atoms with Crippen LogP contribution in [0.3, 0.4) is 0 Å². The van der Waals surface area contributed by atoms with Gasteiger partial charge in [-0.05, 0) is 19.9 Å². The number of hydrogen-bond acceptors (Lipinski definition) is 3. The molecule has 0 saturated carbocycles. The summed E-state index contributed by atoms with van der Waals surface area (Å²) in [6.45, 7) is 0.309. The summed E-state index contributed by atoms with van der Waals surface area (Å²) in [6, 6.07) is 6.27. The van der Waals surface area contributed by atoms with E-state index < -0.39 is 12.2 Å². The molecule has 0 atom stereocenters. The molecule has 0 unspecified atom stereocenters. The Morgan fingerprint density at radius 3 is 2.61 bits per heavy atom. The number of nitrogens with one attached hydrogen (secondary N) is 1. The van der Waals surface area contributed by atoms with E-state index in [2.05, 4.69) is 10.1 Å². The number of benzene rings is 1. The average Bonchev–Trinajstić information content (AvgIpc) is 2.25. The van der Waals surface area contributed by atoms with E-state index in [-0.39, 0.29) is 18.2 Å². The molecule has 0 saturated heterocycles. The second kappa shape index (κ2) is 5.77. The van der Waals surface area contributed by atoms with Crippen molar-refractivity contribution in [2.75, 3.05) is 0 Å². The number of alkyl halides is 2. The SMILES string of the molecule is CC(C)(N)C(=O)NCc1ccccc1OC(F)F. The molecule has 1 rings (SSSR count). The second-order valence-corrected chi connectivity index (χ2v) is 4.39. The van der Waals surface area contributed by atoms with Gasteiger partial charge in [0.2, 0.25) is 5.91 Å². The zero-order chi connectivity index (χ0) is 13.8. The molecule has 0 aliphatic heterocycles. The number of carbonyl (C=O) groups is 1. The lowest BCUT2D eigenvalue weighted by atomic mass is 10.1. The first kappa shape index (κ1) is 14.4. The molecule has 0 radical (unpaired) electrons. The number of nitrogens with two attached hydrogens (primary N) is 1. The molecular weight excluding hydrogens is 242 g/mol. The fourth-order valence-corrected chi connectivity index (χ4v) is 1.26. The topological polar surface area (TPSA) is 64.4 Å². The highest BCUT2D eigenvalue weighted by molar-refractivity contribution is 5.85. The molecule has 3 N–H and O–H groups in total. The smallest absolute Gasteiger partial charge is 0.387 e. The van der Waals surface area contributed by atoms with Crippen molar-refractivity contribution in [3.05, 3.63) is 29.8 Å². The van der Waals surface area contributed by atoms with Gasteiger partial charge in [0, 0.05) is 12.1 Å². The van der Waals surface area contributed by atoms with Gasteiger partial charge in [-0.1, -0.05) is 18.2 Å². The van der Waals surface area contributed by atoms with Crippen molar-refractivity contribution in [2.24, 2.45) is 5.73 Å². The minimum atomic E-state index is -2.90. The van der Waals surface area contributed by atoms with Crippen LogP contribution >= 0.6 is 0 Å². The summed E-state index contributed by atoms with van der Waals surface area (Å²) < 4.78 is 28.7. The van der Waals surface area contributed by atoms with Gasteiger partial charge in [0.15, 0.2) is 0 Å². The second-order valence-electron chi connectivity index (χ2n) is 4.39. The van der Waals surface area contributed by atoms with Crippen LogP contribution in [0, 0.1) is 0 Å². The first-order valence-electron chi connectivity index (χ1n) is 5.40. The van der Waals surface area contributed by atoms with Crippen LogP contribution in [0.15, 0.2) is 24.3 Å². The van der Waals surface area contributed by atoms with Gasteiger partial charge in [-0.25, -0.2) is 0 Å². The van der Waals surface area contributed by atoms with E-state index in [1.54, 1.807) is 32.0 Å². The summed E-state index contributed by atoms with van der Waals surface area (Å²) in [4.78, 5) is 11.5. The van der Waals surface area contributed by atoms with Crippen molar-refractivity contribution in [1.82, 2.24) is 5.32 Å². The predicted molar refractivity (Wildman–Crippen MR) is 63.2 cm³/mol. The third-order valence-electron chi connectivity index (χ3n) is 2.21. The van der Waals surface area contributed by atoms with E-state index in [9.17, 15) is 13.6 Å². The number of carbonyl (C=O) groups excluding carboxylic acids is 1. The van der Waals surface area contributed by atoms with Gasteiger partial charge in [0.1, 0.15) is 5.75 Å². The fraction of sp³-hybridized carbons (Fsp3) is 0.417. The normalized spacial score (nSPS) is 11.4. The van der Waals surface area contributed by atoms with E-state index >= 15 is 0 Å². The van der Waals surface area contributed by atoms with Crippen LogP contribution in [0.25, 0.3) is 0 Å². The maximum atomic E-state index is 12.2. The quantitative estimate of drug-likeness (QED) is 0.844. The van der Waals surface area contributed by atoms with E-state index in [1.165, 1.54) is 6.07 Å². The number of hydrogen-bond donors (Lipinski definition) is 2. The van der Waals surface area contributed by atoms with Crippen molar-refractivity contribution in [3.8, 4) is 5.75 Å². The number of para-hydroxylation sites is 1. The van der Waals surface area contributed by atoms with E-state index in [0.717, 1.165) is 0 Å². The third kappa shape index (κ3) is 4.29. The maximum Gasteiger partial charge on any atom is 0.387 e. The Balaban J connectivity index is 2.70. The van der Waals surface area contributed by atoms with E-state index in [4.69, 9.17) is 5.73 Å². The van der Waals surface area contributed by atoms with E-state index in [1.807, 2.05) is 0 Å². The van der Waals surface area contributed by atoms with Gasteiger partial charge >= 0.3 is 6.61 Å². The molecule has 1 aromatic rings. The van der Waals surface area contributed by atoms with E-state index in [0.29, 0.717) is 5.56 Å². The lowest BCUT2D eigenvalue weighted by molar-refractivity contribution is -0.125. The summed E-state index contributed by atoms with van der Waals surface area (Å²) in [7, 11) is 0. The first-order chi connectivity index (χ1) is 8.30. The number of amides is 1. The summed E-state index contributed by atoms with van der Waals surface area (Å²) in [5, 5.41) is 2.56. The van der Waals surface area contributed by atoms with Crippen molar-refractivity contribution < 1.29 is 18.3 Å². The minimum absolute atomic E-state index is 0.0441. The lowest BCUT2D eigenvalue weighted by Crippen LogP contribution is -2.48. The van der Waals surface area contributed by atoms with Crippen LogP contribution in [-0.2, 0) is 11.3 Å². The standard InChI is InChI=1S/C12H16F2N2O2/c1-12(2,15)10(17)16-7-8-5-3-4-6-9(8)18-11(13)14/h3-6,11H,7,15H2,1-2H3,(H,16,17). The molecule has 18 heavy (non-hydrogen) atoms. The molecule has 1 aromatic carbocycles. The molecule has 4 nitrogen and oxygen atoms in total. The zero-order valence-corrected chi connectivity index (χ0v) is 10.2. The van der Waals surface area contributed by atoms with Crippen LogP contribution in [0.5, 0.6) is 5.75 Å². The Morgan fingerprint density at radius 2 is 2.06 bits per heavy atom. The highest BCUT2D eigenvalue weighted by atomic mass is 19.3. The lowest BCUT2D eigenvalue weighted by Gasteiger charge is -2.18. The van der Waals surface area contributed by atoms with Crippen LogP contribution in [-0.4, -0.2) is 18.1 Å². The predicted octanol–water partition coefficient (Wildman–Crippen LogP) is 1.64. The molecule has 0 heterocycles. The Kier molecular flexibility index (Phi) is 4.61. The van der Waals surface area contributed by atoms with Crippen LogP contribution in [0.1, 0.15) is 19.4 Å². The van der Waals surface area contributed by atoms with Crippen LogP contribution in [0.4, 0.5) is 8.78 Å². The van der Waals surface area contributed by atoms with Crippen LogP contribution < -0.4 is 15.8 Å². The molecule has 0 aliphatic carbocycles. The zero-order valence-electron chi connectivity index (χ0n) is 10.2. The largest absolute Gasteiger partial charge is 0.434 e. The summed E-state index contributed by atoms with van der Waals surface area (Å²) in [5.41, 5.74) is 5.05. The molecule has 0 bridgehead atoms. The summed E-state index contributed by atoms with van der Waals surface area (Å²) in [6.07, 6.45) is 0. The molecule has 1 amide bonds. The number of rotatable bonds is 5. The van der Waals surface area contributed by atoms with Crippen molar-refractivity contribution in [3.63, 3.8) is 0 Å². The average molecular weight is 258 g/mol. The van der Waals surface area contributed by atoms with Gasteiger partial charge < -0.3 is 15.8 Å². The van der Waals surface area contributed by atoms with Gasteiger partial charge in [-0.3, -0.25) is 4.79 Å². The summed E-state index contributed by atoms with van der Waals surface area (Å²) in [5.74, 6) is -0.322. The van der Waals surface area contributed by atoms with Crippen molar-refractivity contribution in [2.45, 2.75) is 32.5 Å².